The number of hydrogen-bond acceptors (Lipinski definition) is 5. The zero-order valence-corrected chi connectivity index (χ0v) is 17.9. The summed E-state index contributed by atoms with van der Waals surface area (Å²) in [5.74, 6) is 0.203. The van der Waals surface area contributed by atoms with Crippen molar-refractivity contribution in [3.63, 3.8) is 0 Å². The van der Waals surface area contributed by atoms with Gasteiger partial charge in [-0.05, 0) is 36.8 Å². The fourth-order valence-corrected chi connectivity index (χ4v) is 4.30. The number of para-hydroxylation sites is 1. The van der Waals surface area contributed by atoms with Crippen LogP contribution in [-0.2, 0) is 14.8 Å². The second-order valence-electron chi connectivity index (χ2n) is 7.15. The van der Waals surface area contributed by atoms with Crippen LogP contribution in [0.3, 0.4) is 0 Å². The van der Waals surface area contributed by atoms with E-state index in [-0.39, 0.29) is 12.5 Å². The van der Waals surface area contributed by atoms with Crippen molar-refractivity contribution in [2.75, 3.05) is 55.3 Å². The quantitative estimate of drug-likeness (QED) is 0.720. The molecule has 2 aromatic carbocycles. The number of aryl methyl sites for hydroxylation is 1. The van der Waals surface area contributed by atoms with Gasteiger partial charge in [-0.2, -0.15) is 0 Å². The number of carbonyl (C=O) groups excluding carboxylic acids is 1. The molecule has 3 rings (SSSR count). The van der Waals surface area contributed by atoms with Gasteiger partial charge in [0.25, 0.3) is 0 Å². The van der Waals surface area contributed by atoms with Crippen LogP contribution >= 0.6 is 0 Å². The van der Waals surface area contributed by atoms with Crippen molar-refractivity contribution in [3.8, 4) is 5.75 Å². The molecular formula is C21H27N3O4S. The Morgan fingerprint density at radius 1 is 1.07 bits per heavy atom. The molecule has 2 aromatic rings. The molecule has 0 aromatic heterocycles. The van der Waals surface area contributed by atoms with E-state index in [2.05, 4.69) is 4.90 Å². The third kappa shape index (κ3) is 5.00. The lowest BCUT2D eigenvalue weighted by molar-refractivity contribution is -0.129. The molecule has 1 saturated heterocycles. The Balaban J connectivity index is 1.73. The number of methoxy groups -OCH3 is 1. The highest BCUT2D eigenvalue weighted by atomic mass is 32.2. The summed E-state index contributed by atoms with van der Waals surface area (Å²) in [5.41, 5.74) is 2.39. The molecule has 0 bridgehead atoms. The second kappa shape index (κ2) is 8.73. The Hall–Kier alpha value is -2.74. The summed E-state index contributed by atoms with van der Waals surface area (Å²) >= 11 is 0. The number of sulfonamides is 1. The van der Waals surface area contributed by atoms with Crippen molar-refractivity contribution in [1.82, 2.24) is 4.90 Å². The molecule has 29 heavy (non-hydrogen) atoms. The molecule has 0 N–H and O–H groups in total. The Labute approximate surface area is 172 Å². The van der Waals surface area contributed by atoms with E-state index in [1.165, 1.54) is 7.11 Å². The highest BCUT2D eigenvalue weighted by molar-refractivity contribution is 7.92. The zero-order valence-electron chi connectivity index (χ0n) is 17.0. The number of rotatable bonds is 6. The van der Waals surface area contributed by atoms with Crippen molar-refractivity contribution in [3.05, 3.63) is 54.1 Å². The first-order valence-corrected chi connectivity index (χ1v) is 11.3. The summed E-state index contributed by atoms with van der Waals surface area (Å²) in [4.78, 5) is 16.9. The molecule has 7 nitrogen and oxygen atoms in total. The maximum Gasteiger partial charge on any atom is 0.243 e. The normalized spacial score (nSPS) is 14.6. The first kappa shape index (κ1) is 21.0. The van der Waals surface area contributed by atoms with Gasteiger partial charge in [0.15, 0.2) is 0 Å². The van der Waals surface area contributed by atoms with Crippen molar-refractivity contribution >= 4 is 27.3 Å². The van der Waals surface area contributed by atoms with Crippen LogP contribution in [0, 0.1) is 6.92 Å². The highest BCUT2D eigenvalue weighted by Crippen LogP contribution is 2.31. The van der Waals surface area contributed by atoms with Crippen LogP contribution in [0.1, 0.15) is 5.56 Å². The van der Waals surface area contributed by atoms with E-state index in [4.69, 9.17) is 4.74 Å². The monoisotopic (exact) mass is 417 g/mol. The number of amides is 1. The molecule has 0 saturated carbocycles. The lowest BCUT2D eigenvalue weighted by Crippen LogP contribution is -2.52. The first-order chi connectivity index (χ1) is 13.8. The second-order valence-corrected chi connectivity index (χ2v) is 9.06. The van der Waals surface area contributed by atoms with Gasteiger partial charge in [0.2, 0.25) is 15.9 Å². The van der Waals surface area contributed by atoms with E-state index in [0.717, 1.165) is 21.8 Å². The molecule has 1 amide bonds. The number of carbonyl (C=O) groups is 1. The average Bonchev–Trinajstić information content (AvgIpc) is 2.71. The van der Waals surface area contributed by atoms with Gasteiger partial charge in [0, 0.05) is 31.9 Å². The maximum absolute atomic E-state index is 12.9. The van der Waals surface area contributed by atoms with Gasteiger partial charge in [-0.25, -0.2) is 8.42 Å². The predicted molar refractivity (Wildman–Crippen MR) is 115 cm³/mol. The summed E-state index contributed by atoms with van der Waals surface area (Å²) < 4.78 is 31.4. The van der Waals surface area contributed by atoms with Gasteiger partial charge in [-0.1, -0.05) is 24.3 Å². The topological polar surface area (TPSA) is 70.2 Å². The molecule has 0 radical (unpaired) electrons. The largest absolute Gasteiger partial charge is 0.495 e. The van der Waals surface area contributed by atoms with E-state index in [9.17, 15) is 13.2 Å². The smallest absolute Gasteiger partial charge is 0.243 e. The maximum atomic E-state index is 12.9. The van der Waals surface area contributed by atoms with E-state index in [0.29, 0.717) is 37.6 Å². The van der Waals surface area contributed by atoms with Crippen LogP contribution in [-0.4, -0.2) is 65.3 Å². The molecule has 0 atom stereocenters. The van der Waals surface area contributed by atoms with Crippen LogP contribution in [0.2, 0.25) is 0 Å². The number of ether oxygens (including phenoxy) is 1. The standard InChI is InChI=1S/C21H27N3O4S/c1-17-9-10-20(28-2)19(15-17)24(29(3,26)27)16-21(25)23-13-11-22(12-14-23)18-7-5-4-6-8-18/h4-10,15H,11-14,16H2,1-3H3. The number of nitrogens with zero attached hydrogens (tertiary/aromatic N) is 3. The lowest BCUT2D eigenvalue weighted by Gasteiger charge is -2.37. The molecule has 1 fully saturated rings. The van der Waals surface area contributed by atoms with Gasteiger partial charge in [0.05, 0.1) is 19.1 Å². The van der Waals surface area contributed by atoms with Crippen LogP contribution < -0.4 is 13.9 Å². The lowest BCUT2D eigenvalue weighted by atomic mass is 10.2. The van der Waals surface area contributed by atoms with Gasteiger partial charge < -0.3 is 14.5 Å². The van der Waals surface area contributed by atoms with Crippen LogP contribution in [0.4, 0.5) is 11.4 Å². The van der Waals surface area contributed by atoms with E-state index in [1.807, 2.05) is 43.3 Å². The van der Waals surface area contributed by atoms with Crippen LogP contribution in [0.25, 0.3) is 0 Å². The third-order valence-electron chi connectivity index (χ3n) is 5.04. The van der Waals surface area contributed by atoms with Gasteiger partial charge >= 0.3 is 0 Å². The summed E-state index contributed by atoms with van der Waals surface area (Å²) in [6.45, 7) is 4.15. The Kier molecular flexibility index (Phi) is 6.32. The molecule has 0 unspecified atom stereocenters. The summed E-state index contributed by atoms with van der Waals surface area (Å²) in [6.07, 6.45) is 1.11. The van der Waals surface area contributed by atoms with Crippen molar-refractivity contribution in [2.24, 2.45) is 0 Å². The van der Waals surface area contributed by atoms with E-state index < -0.39 is 10.0 Å². The minimum atomic E-state index is -3.66. The van der Waals surface area contributed by atoms with Crippen molar-refractivity contribution in [1.29, 1.82) is 0 Å². The number of benzene rings is 2. The molecule has 1 heterocycles. The van der Waals surface area contributed by atoms with Gasteiger partial charge in [-0.15, -0.1) is 0 Å². The van der Waals surface area contributed by atoms with Gasteiger partial charge in [0.1, 0.15) is 12.3 Å². The fourth-order valence-electron chi connectivity index (χ4n) is 3.45. The molecule has 1 aliphatic rings. The van der Waals surface area contributed by atoms with Crippen LogP contribution in [0.15, 0.2) is 48.5 Å². The molecule has 0 aliphatic carbocycles. The number of piperazine rings is 1. The van der Waals surface area contributed by atoms with E-state index >= 15 is 0 Å². The van der Waals surface area contributed by atoms with Crippen LogP contribution in [0.5, 0.6) is 5.75 Å². The zero-order chi connectivity index (χ0) is 21.0. The average molecular weight is 418 g/mol. The Bertz CT molecular complexity index is 955. The number of hydrogen-bond donors (Lipinski definition) is 0. The van der Waals surface area contributed by atoms with Gasteiger partial charge in [-0.3, -0.25) is 9.10 Å². The molecule has 1 aliphatic heterocycles. The summed E-state index contributed by atoms with van der Waals surface area (Å²) in [6, 6.07) is 15.3. The summed E-state index contributed by atoms with van der Waals surface area (Å²) in [7, 11) is -2.17. The Morgan fingerprint density at radius 3 is 2.31 bits per heavy atom. The molecule has 0 spiro atoms. The third-order valence-corrected chi connectivity index (χ3v) is 6.16. The van der Waals surface area contributed by atoms with Crippen molar-refractivity contribution < 1.29 is 17.9 Å². The van der Waals surface area contributed by atoms with E-state index in [1.54, 1.807) is 17.0 Å². The summed E-state index contributed by atoms with van der Waals surface area (Å²) in [5, 5.41) is 0. The minimum Gasteiger partial charge on any atom is -0.495 e. The highest BCUT2D eigenvalue weighted by Gasteiger charge is 2.28. The molecular weight excluding hydrogens is 390 g/mol. The molecule has 8 heteroatoms. The predicted octanol–water partition coefficient (Wildman–Crippen LogP) is 2.12. The molecule has 156 valence electrons. The SMILES string of the molecule is COc1ccc(C)cc1N(CC(=O)N1CCN(c2ccccc2)CC1)S(C)(=O)=O. The van der Waals surface area contributed by atoms with Crippen molar-refractivity contribution in [2.45, 2.75) is 6.92 Å². The fraction of sp³-hybridized carbons (Fsp3) is 0.381. The Morgan fingerprint density at radius 2 is 1.72 bits per heavy atom. The minimum absolute atomic E-state index is 0.216. The first-order valence-electron chi connectivity index (χ1n) is 9.49. The number of anilines is 2.